The molecule has 1 saturated heterocycles. The lowest BCUT2D eigenvalue weighted by Crippen LogP contribution is -2.47. The molecule has 0 saturated carbocycles. The number of hydrogen-bond acceptors (Lipinski definition) is 3. The summed E-state index contributed by atoms with van der Waals surface area (Å²) in [5.41, 5.74) is 1.48. The molecule has 0 aliphatic carbocycles. The lowest BCUT2D eigenvalue weighted by Gasteiger charge is -2.21. The molecule has 1 aliphatic rings. The average molecular weight is 221 g/mol. The average Bonchev–Trinajstić information content (AvgIpc) is 2.52. The quantitative estimate of drug-likeness (QED) is 0.648. The molecule has 0 aromatic carbocycles. The van der Waals surface area contributed by atoms with Gasteiger partial charge in [0.1, 0.15) is 12.6 Å². The van der Waals surface area contributed by atoms with E-state index in [4.69, 9.17) is 11.6 Å². The van der Waals surface area contributed by atoms with Crippen molar-refractivity contribution in [2.75, 3.05) is 12.5 Å². The summed E-state index contributed by atoms with van der Waals surface area (Å²) in [4.78, 5) is 27.3. The van der Waals surface area contributed by atoms with E-state index in [1.165, 1.54) is 0 Å². The summed E-state index contributed by atoms with van der Waals surface area (Å²) < 4.78 is 0. The summed E-state index contributed by atoms with van der Waals surface area (Å²) in [5.74, 6) is -0.379. The van der Waals surface area contributed by atoms with Gasteiger partial charge in [-0.25, -0.2) is 5.48 Å². The van der Waals surface area contributed by atoms with Crippen LogP contribution < -0.4 is 10.8 Å². The van der Waals surface area contributed by atoms with E-state index in [1.807, 2.05) is 0 Å². The van der Waals surface area contributed by atoms with Crippen molar-refractivity contribution >= 4 is 23.4 Å². The molecule has 5 nitrogen and oxygen atoms in total. The predicted octanol–water partition coefficient (Wildman–Crippen LogP) is -0.202. The van der Waals surface area contributed by atoms with Crippen LogP contribution in [0.4, 0.5) is 0 Å². The zero-order valence-corrected chi connectivity index (χ0v) is 8.85. The molecule has 2 amide bonds. The lowest BCUT2D eigenvalue weighted by atomic mass is 9.95. The maximum absolute atomic E-state index is 11.6. The Hall–Kier alpha value is -0.810. The Morgan fingerprint density at radius 1 is 1.79 bits per heavy atom. The Bertz CT molecular complexity index is 255. The molecule has 1 fully saturated rings. The number of hydrogen-bond donors (Lipinski definition) is 2. The van der Waals surface area contributed by atoms with Crippen molar-refractivity contribution in [1.29, 1.82) is 0 Å². The Labute approximate surface area is 87.1 Å². The fraction of sp³-hybridized carbons (Fsp3) is 0.750. The van der Waals surface area contributed by atoms with Crippen LogP contribution in [0.25, 0.3) is 0 Å². The summed E-state index contributed by atoms with van der Waals surface area (Å²) in [5, 5.41) is 2.56. The van der Waals surface area contributed by atoms with Gasteiger partial charge in [0.05, 0.1) is 5.41 Å². The molecule has 2 N–H and O–H groups in total. The number of amides is 2. The molecule has 6 heteroatoms. The topological polar surface area (TPSA) is 67.4 Å². The molecule has 1 rings (SSSR count). The molecule has 0 unspecified atom stereocenters. The van der Waals surface area contributed by atoms with Gasteiger partial charge in [-0.15, -0.1) is 11.6 Å². The van der Waals surface area contributed by atoms with Crippen LogP contribution >= 0.6 is 11.6 Å². The number of nitrogens with one attached hydrogen (secondary N) is 2. The molecule has 80 valence electrons. The highest BCUT2D eigenvalue weighted by Crippen LogP contribution is 2.17. The van der Waals surface area contributed by atoms with Gasteiger partial charge in [0.2, 0.25) is 5.91 Å². The summed E-state index contributed by atoms with van der Waals surface area (Å²) in [6, 6.07) is -0.606. The van der Waals surface area contributed by atoms with Gasteiger partial charge in [0.15, 0.2) is 0 Å². The molecule has 0 bridgehead atoms. The van der Waals surface area contributed by atoms with E-state index < -0.39 is 11.5 Å². The van der Waals surface area contributed by atoms with Gasteiger partial charge < -0.3 is 5.32 Å². The SMILES string of the molecule is CC(C)(CCl)C(=O)N[C@@H]1CONC1=O. The highest BCUT2D eigenvalue weighted by molar-refractivity contribution is 6.19. The van der Waals surface area contributed by atoms with E-state index in [-0.39, 0.29) is 24.3 Å². The van der Waals surface area contributed by atoms with E-state index in [0.717, 1.165) is 0 Å². The fourth-order valence-corrected chi connectivity index (χ4v) is 0.986. The minimum Gasteiger partial charge on any atom is -0.342 e. The molecule has 0 aromatic rings. The van der Waals surface area contributed by atoms with Crippen LogP contribution in [-0.4, -0.2) is 30.3 Å². The standard InChI is InChI=1S/C8H13ClN2O3/c1-8(2,4-9)7(13)10-5-3-14-11-6(5)12/h5H,3-4H2,1-2H3,(H,10,13)(H,11,12)/t5-/m1/s1. The maximum Gasteiger partial charge on any atom is 0.268 e. The van der Waals surface area contributed by atoms with Gasteiger partial charge in [-0.3, -0.25) is 14.4 Å². The number of hydroxylamine groups is 1. The molecule has 1 heterocycles. The van der Waals surface area contributed by atoms with Crippen LogP contribution in [0.5, 0.6) is 0 Å². The normalized spacial score (nSPS) is 21.9. The fourth-order valence-electron chi connectivity index (χ4n) is 0.864. The maximum atomic E-state index is 11.6. The molecule has 1 aliphatic heterocycles. The third-order valence-corrected chi connectivity index (χ3v) is 2.66. The molecule has 0 radical (unpaired) electrons. The third-order valence-electron chi connectivity index (χ3n) is 1.99. The Balaban J connectivity index is 2.52. The van der Waals surface area contributed by atoms with Crippen LogP contribution in [0, 0.1) is 5.41 Å². The number of carbonyl (C=O) groups is 2. The highest BCUT2D eigenvalue weighted by atomic mass is 35.5. The zero-order chi connectivity index (χ0) is 10.8. The highest BCUT2D eigenvalue weighted by Gasteiger charge is 2.33. The second kappa shape index (κ2) is 4.14. The number of alkyl halides is 1. The van der Waals surface area contributed by atoms with Crippen molar-refractivity contribution in [3.8, 4) is 0 Å². The molecular weight excluding hydrogens is 208 g/mol. The van der Waals surface area contributed by atoms with E-state index >= 15 is 0 Å². The summed E-state index contributed by atoms with van der Waals surface area (Å²) in [6.07, 6.45) is 0. The monoisotopic (exact) mass is 220 g/mol. The summed E-state index contributed by atoms with van der Waals surface area (Å²) in [7, 11) is 0. The Kier molecular flexibility index (Phi) is 3.34. The molecular formula is C8H13ClN2O3. The third kappa shape index (κ3) is 2.36. The first-order chi connectivity index (χ1) is 6.47. The first-order valence-electron chi connectivity index (χ1n) is 4.26. The van der Waals surface area contributed by atoms with Crippen molar-refractivity contribution in [2.45, 2.75) is 19.9 Å². The van der Waals surface area contributed by atoms with Crippen molar-refractivity contribution < 1.29 is 14.4 Å². The van der Waals surface area contributed by atoms with Crippen LogP contribution in [0.3, 0.4) is 0 Å². The first kappa shape index (κ1) is 11.3. The van der Waals surface area contributed by atoms with Gasteiger partial charge in [-0.1, -0.05) is 0 Å². The second-order valence-corrected chi connectivity index (χ2v) is 4.09. The number of rotatable bonds is 3. The molecule has 1 atom stereocenters. The summed E-state index contributed by atoms with van der Waals surface area (Å²) in [6.45, 7) is 3.58. The van der Waals surface area contributed by atoms with Gasteiger partial charge in [-0.05, 0) is 13.8 Å². The molecule has 0 spiro atoms. The summed E-state index contributed by atoms with van der Waals surface area (Å²) >= 11 is 5.62. The van der Waals surface area contributed by atoms with Crippen molar-refractivity contribution in [3.63, 3.8) is 0 Å². The minimum atomic E-state index is -0.676. The van der Waals surface area contributed by atoms with Crippen molar-refractivity contribution in [2.24, 2.45) is 5.41 Å². The number of carbonyl (C=O) groups excluding carboxylic acids is 2. The van der Waals surface area contributed by atoms with Gasteiger partial charge in [0.25, 0.3) is 5.91 Å². The van der Waals surface area contributed by atoms with Gasteiger partial charge in [-0.2, -0.15) is 0 Å². The zero-order valence-electron chi connectivity index (χ0n) is 8.09. The molecule has 14 heavy (non-hydrogen) atoms. The van der Waals surface area contributed by atoms with Gasteiger partial charge >= 0.3 is 0 Å². The van der Waals surface area contributed by atoms with Crippen LogP contribution in [0.1, 0.15) is 13.8 Å². The predicted molar refractivity (Wildman–Crippen MR) is 50.5 cm³/mol. The second-order valence-electron chi connectivity index (χ2n) is 3.82. The van der Waals surface area contributed by atoms with Crippen molar-refractivity contribution in [1.82, 2.24) is 10.8 Å². The van der Waals surface area contributed by atoms with Crippen molar-refractivity contribution in [3.05, 3.63) is 0 Å². The Morgan fingerprint density at radius 2 is 2.43 bits per heavy atom. The molecule has 0 aromatic heterocycles. The van der Waals surface area contributed by atoms with E-state index in [9.17, 15) is 9.59 Å². The number of halogens is 1. The van der Waals surface area contributed by atoms with E-state index in [1.54, 1.807) is 13.8 Å². The van der Waals surface area contributed by atoms with E-state index in [0.29, 0.717) is 0 Å². The van der Waals surface area contributed by atoms with Gasteiger partial charge in [0, 0.05) is 5.88 Å². The largest absolute Gasteiger partial charge is 0.342 e. The van der Waals surface area contributed by atoms with E-state index in [2.05, 4.69) is 15.6 Å². The minimum absolute atomic E-state index is 0.156. The van der Waals surface area contributed by atoms with Crippen LogP contribution in [0.15, 0.2) is 0 Å². The lowest BCUT2D eigenvalue weighted by molar-refractivity contribution is -0.132. The van der Waals surface area contributed by atoms with Crippen LogP contribution in [0.2, 0.25) is 0 Å². The first-order valence-corrected chi connectivity index (χ1v) is 4.79. The van der Waals surface area contributed by atoms with Crippen LogP contribution in [-0.2, 0) is 14.4 Å². The Morgan fingerprint density at radius 3 is 2.86 bits per heavy atom. The smallest absolute Gasteiger partial charge is 0.268 e.